The van der Waals surface area contributed by atoms with Crippen molar-refractivity contribution in [1.29, 1.82) is 0 Å². The first-order chi connectivity index (χ1) is 12.2. The molecule has 26 heavy (non-hydrogen) atoms. The van der Waals surface area contributed by atoms with Crippen molar-refractivity contribution in [3.05, 3.63) is 0 Å². The quantitative estimate of drug-likeness (QED) is 0.379. The van der Waals surface area contributed by atoms with Crippen LogP contribution < -0.4 is 0 Å². The number of hydrogen-bond donors (Lipinski definition) is 3. The van der Waals surface area contributed by atoms with Gasteiger partial charge < -0.3 is 24.8 Å². The Balaban J connectivity index is 4.91. The third-order valence-electron chi connectivity index (χ3n) is 4.50. The molecule has 0 spiro atoms. The summed E-state index contributed by atoms with van der Waals surface area (Å²) in [6.07, 6.45) is 2.92. The first-order valence-corrected chi connectivity index (χ1v) is 9.66. The molecular formula is C19H36O7. The van der Waals surface area contributed by atoms with Crippen LogP contribution in [0.3, 0.4) is 0 Å². The molecule has 7 nitrogen and oxygen atoms in total. The molecule has 0 aliphatic heterocycles. The molecule has 0 fully saturated rings. The number of hydrogen-bond acceptors (Lipinski definition) is 5. The van der Waals surface area contributed by atoms with Crippen molar-refractivity contribution in [3.63, 3.8) is 0 Å². The molecule has 0 saturated heterocycles. The summed E-state index contributed by atoms with van der Waals surface area (Å²) in [4.78, 5) is 23.4. The zero-order valence-corrected chi connectivity index (χ0v) is 16.6. The van der Waals surface area contributed by atoms with Gasteiger partial charge in [0.1, 0.15) is 6.10 Å². The third-order valence-corrected chi connectivity index (χ3v) is 4.50. The highest BCUT2D eigenvalue weighted by Gasteiger charge is 2.40. The van der Waals surface area contributed by atoms with Crippen LogP contribution >= 0.6 is 0 Å². The van der Waals surface area contributed by atoms with Crippen LogP contribution in [0.25, 0.3) is 0 Å². The minimum atomic E-state index is -1.32. The van der Waals surface area contributed by atoms with Crippen molar-refractivity contribution < 1.29 is 34.4 Å². The lowest BCUT2D eigenvalue weighted by Crippen LogP contribution is -2.46. The standard InChI is InChI=1S/C19H36O7/c1-5-9-18(10-6-2,16(21)22)25-13-15(20)14-26-19(11-7-3,12-8-4)17(23)24/h15,20H,5-14H2,1-4H3,(H,21,22)(H,23,24). The molecule has 0 amide bonds. The van der Waals surface area contributed by atoms with E-state index in [1.165, 1.54) is 0 Å². The molecule has 0 atom stereocenters. The van der Waals surface area contributed by atoms with E-state index in [1.807, 2.05) is 27.7 Å². The highest BCUT2D eigenvalue weighted by molar-refractivity contribution is 5.77. The van der Waals surface area contributed by atoms with Crippen LogP contribution in [-0.2, 0) is 19.1 Å². The Kier molecular flexibility index (Phi) is 11.7. The number of carbonyl (C=O) groups is 2. The predicted octanol–water partition coefficient (Wildman–Crippen LogP) is 3.23. The number of ether oxygens (including phenoxy) is 2. The van der Waals surface area contributed by atoms with Crippen LogP contribution in [0.2, 0.25) is 0 Å². The van der Waals surface area contributed by atoms with Gasteiger partial charge in [-0.1, -0.05) is 53.4 Å². The van der Waals surface area contributed by atoms with Gasteiger partial charge in [0.05, 0.1) is 13.2 Å². The maximum Gasteiger partial charge on any atom is 0.335 e. The third kappa shape index (κ3) is 7.21. The average molecular weight is 376 g/mol. The van der Waals surface area contributed by atoms with E-state index in [0.29, 0.717) is 51.4 Å². The van der Waals surface area contributed by atoms with E-state index in [2.05, 4.69) is 0 Å². The summed E-state index contributed by atoms with van der Waals surface area (Å²) < 4.78 is 11.2. The molecule has 0 bridgehead atoms. The zero-order valence-electron chi connectivity index (χ0n) is 16.6. The van der Waals surface area contributed by atoms with Gasteiger partial charge in [-0.2, -0.15) is 0 Å². The number of aliphatic hydroxyl groups excluding tert-OH is 1. The number of rotatable bonds is 16. The molecule has 3 N–H and O–H groups in total. The minimum Gasteiger partial charge on any atom is -0.479 e. The number of aliphatic hydroxyl groups is 1. The second-order valence-corrected chi connectivity index (χ2v) is 6.87. The van der Waals surface area contributed by atoms with Crippen molar-refractivity contribution in [2.75, 3.05) is 13.2 Å². The van der Waals surface area contributed by atoms with Crippen LogP contribution in [0, 0.1) is 0 Å². The molecule has 0 aliphatic carbocycles. The number of aliphatic carboxylic acids is 2. The van der Waals surface area contributed by atoms with E-state index in [-0.39, 0.29) is 13.2 Å². The SMILES string of the molecule is CCCC(CCC)(OCC(O)COC(CCC)(CCC)C(=O)O)C(=O)O. The fourth-order valence-electron chi connectivity index (χ4n) is 3.26. The Morgan fingerprint density at radius 3 is 1.19 bits per heavy atom. The van der Waals surface area contributed by atoms with Gasteiger partial charge in [-0.3, -0.25) is 0 Å². The molecule has 0 radical (unpaired) electrons. The van der Waals surface area contributed by atoms with E-state index in [4.69, 9.17) is 9.47 Å². The Labute approximate surface area is 156 Å². The van der Waals surface area contributed by atoms with Gasteiger partial charge in [0, 0.05) is 0 Å². The van der Waals surface area contributed by atoms with Crippen molar-refractivity contribution in [2.45, 2.75) is 96.4 Å². The minimum absolute atomic E-state index is 0.208. The summed E-state index contributed by atoms with van der Waals surface area (Å²) in [6, 6.07) is 0. The Morgan fingerprint density at radius 2 is 1.00 bits per heavy atom. The molecule has 0 unspecified atom stereocenters. The molecule has 0 aromatic heterocycles. The maximum atomic E-state index is 11.7. The van der Waals surface area contributed by atoms with Gasteiger partial charge in [0.15, 0.2) is 11.2 Å². The van der Waals surface area contributed by atoms with E-state index >= 15 is 0 Å². The zero-order chi connectivity index (χ0) is 20.2. The van der Waals surface area contributed by atoms with Crippen molar-refractivity contribution in [3.8, 4) is 0 Å². The largest absolute Gasteiger partial charge is 0.479 e. The summed E-state index contributed by atoms with van der Waals surface area (Å²) in [5, 5.41) is 29.3. The van der Waals surface area contributed by atoms with Crippen LogP contribution in [0.4, 0.5) is 0 Å². The lowest BCUT2D eigenvalue weighted by Gasteiger charge is -2.32. The fourth-order valence-corrected chi connectivity index (χ4v) is 3.26. The van der Waals surface area contributed by atoms with Gasteiger partial charge in [0.2, 0.25) is 0 Å². The molecule has 0 aromatic rings. The topological polar surface area (TPSA) is 113 Å². The smallest absolute Gasteiger partial charge is 0.335 e. The van der Waals surface area contributed by atoms with Gasteiger partial charge in [-0.05, 0) is 25.7 Å². The molecule has 0 rings (SSSR count). The summed E-state index contributed by atoms with van der Waals surface area (Å²) in [5.74, 6) is -2.07. The average Bonchev–Trinajstić information content (AvgIpc) is 2.57. The van der Waals surface area contributed by atoms with Crippen LogP contribution in [0.5, 0.6) is 0 Å². The van der Waals surface area contributed by atoms with E-state index in [1.54, 1.807) is 0 Å². The summed E-state index contributed by atoms with van der Waals surface area (Å²) in [6.45, 7) is 7.11. The van der Waals surface area contributed by atoms with E-state index in [9.17, 15) is 24.9 Å². The van der Waals surface area contributed by atoms with E-state index < -0.39 is 29.2 Å². The number of carboxylic acid groups (broad SMARTS) is 2. The summed E-state index contributed by atoms with van der Waals surface area (Å²) >= 11 is 0. The summed E-state index contributed by atoms with van der Waals surface area (Å²) in [7, 11) is 0. The van der Waals surface area contributed by atoms with Crippen molar-refractivity contribution in [2.24, 2.45) is 0 Å². The molecule has 0 aliphatic rings. The highest BCUT2D eigenvalue weighted by Crippen LogP contribution is 2.27. The Hall–Kier alpha value is -1.18. The molecule has 7 heteroatoms. The van der Waals surface area contributed by atoms with Gasteiger partial charge in [-0.15, -0.1) is 0 Å². The monoisotopic (exact) mass is 376 g/mol. The van der Waals surface area contributed by atoms with Crippen molar-refractivity contribution in [1.82, 2.24) is 0 Å². The van der Waals surface area contributed by atoms with Crippen LogP contribution in [0.15, 0.2) is 0 Å². The fraction of sp³-hybridized carbons (Fsp3) is 0.895. The lowest BCUT2D eigenvalue weighted by molar-refractivity contribution is -0.183. The van der Waals surface area contributed by atoms with Crippen LogP contribution in [-0.4, -0.2) is 57.8 Å². The predicted molar refractivity (Wildman–Crippen MR) is 98.3 cm³/mol. The normalized spacial score (nSPS) is 12.5. The molecular weight excluding hydrogens is 340 g/mol. The maximum absolute atomic E-state index is 11.7. The first kappa shape index (κ1) is 24.8. The summed E-state index contributed by atoms with van der Waals surface area (Å²) in [5.41, 5.74) is -2.64. The van der Waals surface area contributed by atoms with Gasteiger partial charge in [0.25, 0.3) is 0 Å². The Bertz CT molecular complexity index is 372. The van der Waals surface area contributed by atoms with Crippen LogP contribution in [0.1, 0.15) is 79.1 Å². The second kappa shape index (κ2) is 12.3. The highest BCUT2D eigenvalue weighted by atomic mass is 16.6. The van der Waals surface area contributed by atoms with E-state index in [0.717, 1.165) is 0 Å². The molecule has 0 heterocycles. The molecule has 154 valence electrons. The second-order valence-electron chi connectivity index (χ2n) is 6.87. The lowest BCUT2D eigenvalue weighted by atomic mass is 9.92. The van der Waals surface area contributed by atoms with Gasteiger partial charge in [-0.25, -0.2) is 9.59 Å². The number of carboxylic acids is 2. The first-order valence-electron chi connectivity index (χ1n) is 9.66. The Morgan fingerprint density at radius 1 is 0.731 bits per heavy atom. The molecule has 0 aromatic carbocycles. The van der Waals surface area contributed by atoms with Gasteiger partial charge >= 0.3 is 11.9 Å². The molecule has 0 saturated carbocycles. The van der Waals surface area contributed by atoms with Crippen molar-refractivity contribution >= 4 is 11.9 Å².